The summed E-state index contributed by atoms with van der Waals surface area (Å²) in [5, 5.41) is 16.1. The Morgan fingerprint density at radius 1 is 1.40 bits per heavy atom. The van der Waals surface area contributed by atoms with Gasteiger partial charge in [0.2, 0.25) is 5.96 Å². The molecule has 1 rings (SSSR count). The Morgan fingerprint density at radius 3 is 2.85 bits per heavy atom. The quantitative estimate of drug-likeness (QED) is 0.347. The predicted molar refractivity (Wildman–Crippen MR) is 79.8 cm³/mol. The molecule has 0 fully saturated rings. The molecule has 0 unspecified atom stereocenters. The van der Waals surface area contributed by atoms with Gasteiger partial charge in [0.05, 0.1) is 23.9 Å². The molecule has 0 aliphatic rings. The highest BCUT2D eigenvalue weighted by atomic mass is 35.5. The normalized spacial score (nSPS) is 10.2. The molecule has 4 N–H and O–H groups in total. The molecule has 6 nitrogen and oxygen atoms in total. The summed E-state index contributed by atoms with van der Waals surface area (Å²) in [6.45, 7) is 0.531. The van der Waals surface area contributed by atoms with E-state index in [9.17, 15) is 0 Å². The SMILES string of the molecule is N#CCCCCOc1ccc(/C=N/N=C(N)N)cc1Cl. The first kappa shape index (κ1) is 15.8. The van der Waals surface area contributed by atoms with Crippen LogP contribution in [0.4, 0.5) is 0 Å². The Hall–Kier alpha value is -2.26. The summed E-state index contributed by atoms with van der Waals surface area (Å²) >= 11 is 6.09. The maximum Gasteiger partial charge on any atom is 0.211 e. The molecule has 0 heterocycles. The molecule has 0 radical (unpaired) electrons. The summed E-state index contributed by atoms with van der Waals surface area (Å²) in [5.74, 6) is 0.493. The van der Waals surface area contributed by atoms with Crippen LogP contribution in [0.1, 0.15) is 24.8 Å². The highest BCUT2D eigenvalue weighted by Gasteiger charge is 2.02. The van der Waals surface area contributed by atoms with Crippen LogP contribution in [0.25, 0.3) is 0 Å². The van der Waals surface area contributed by atoms with Crippen molar-refractivity contribution in [1.82, 2.24) is 0 Å². The van der Waals surface area contributed by atoms with Crippen LogP contribution in [0.5, 0.6) is 5.75 Å². The topological polar surface area (TPSA) is 110 Å². The number of hydrogen-bond donors (Lipinski definition) is 2. The lowest BCUT2D eigenvalue weighted by atomic mass is 10.2. The van der Waals surface area contributed by atoms with Crippen LogP contribution in [0.2, 0.25) is 5.02 Å². The smallest absolute Gasteiger partial charge is 0.211 e. The van der Waals surface area contributed by atoms with Gasteiger partial charge in [-0.15, -0.1) is 5.10 Å². The van der Waals surface area contributed by atoms with Crippen molar-refractivity contribution in [3.8, 4) is 11.8 Å². The van der Waals surface area contributed by atoms with Crippen LogP contribution in [0, 0.1) is 11.3 Å². The minimum absolute atomic E-state index is 0.107. The van der Waals surface area contributed by atoms with Crippen molar-refractivity contribution >= 4 is 23.8 Å². The van der Waals surface area contributed by atoms with Crippen molar-refractivity contribution in [2.75, 3.05) is 6.61 Å². The number of rotatable bonds is 7. The van der Waals surface area contributed by atoms with Gasteiger partial charge in [-0.05, 0) is 36.6 Å². The molecule has 1 aromatic carbocycles. The summed E-state index contributed by atoms with van der Waals surface area (Å²) in [6, 6.07) is 7.34. The van der Waals surface area contributed by atoms with E-state index in [1.54, 1.807) is 18.2 Å². The van der Waals surface area contributed by atoms with E-state index < -0.39 is 0 Å². The molecular formula is C13H16ClN5O. The number of hydrogen-bond acceptors (Lipinski definition) is 4. The van der Waals surface area contributed by atoms with Crippen LogP contribution < -0.4 is 16.2 Å². The zero-order chi connectivity index (χ0) is 14.8. The van der Waals surface area contributed by atoms with Gasteiger partial charge in [0, 0.05) is 6.42 Å². The van der Waals surface area contributed by atoms with Crippen LogP contribution in [0.3, 0.4) is 0 Å². The second kappa shape index (κ2) is 8.77. The minimum Gasteiger partial charge on any atom is -0.492 e. The second-order valence-corrected chi connectivity index (χ2v) is 4.33. The van der Waals surface area contributed by atoms with Gasteiger partial charge in [-0.25, -0.2) is 0 Å². The van der Waals surface area contributed by atoms with E-state index in [1.807, 2.05) is 0 Å². The van der Waals surface area contributed by atoms with Gasteiger partial charge < -0.3 is 16.2 Å². The lowest BCUT2D eigenvalue weighted by Gasteiger charge is -2.07. The van der Waals surface area contributed by atoms with Crippen molar-refractivity contribution in [3.63, 3.8) is 0 Å². The number of benzene rings is 1. The zero-order valence-corrected chi connectivity index (χ0v) is 11.7. The Kier molecular flexibility index (Phi) is 6.93. The Balaban J connectivity index is 2.53. The third-order valence-corrected chi connectivity index (χ3v) is 2.57. The number of halogens is 1. The lowest BCUT2D eigenvalue weighted by molar-refractivity contribution is 0.308. The van der Waals surface area contributed by atoms with E-state index in [4.69, 9.17) is 33.1 Å². The fourth-order valence-corrected chi connectivity index (χ4v) is 1.61. The third kappa shape index (κ3) is 6.07. The summed E-state index contributed by atoms with van der Waals surface area (Å²) < 4.78 is 5.53. The van der Waals surface area contributed by atoms with Crippen molar-refractivity contribution in [1.29, 1.82) is 5.26 Å². The monoisotopic (exact) mass is 293 g/mol. The minimum atomic E-state index is -0.107. The van der Waals surface area contributed by atoms with E-state index in [2.05, 4.69) is 16.3 Å². The van der Waals surface area contributed by atoms with Gasteiger partial charge >= 0.3 is 0 Å². The molecule has 0 amide bonds. The van der Waals surface area contributed by atoms with Gasteiger partial charge in [0.25, 0.3) is 0 Å². The first-order valence-corrected chi connectivity index (χ1v) is 6.42. The molecule has 1 aromatic rings. The van der Waals surface area contributed by atoms with Crippen molar-refractivity contribution < 1.29 is 4.74 Å². The summed E-state index contributed by atoms with van der Waals surface area (Å²) in [4.78, 5) is 0. The van der Waals surface area contributed by atoms with Crippen LogP contribution in [-0.4, -0.2) is 18.8 Å². The molecule has 106 valence electrons. The molecule has 0 spiro atoms. The van der Waals surface area contributed by atoms with Gasteiger partial charge in [-0.3, -0.25) is 0 Å². The molecule has 7 heteroatoms. The van der Waals surface area contributed by atoms with Crippen molar-refractivity contribution in [2.24, 2.45) is 21.7 Å². The molecule has 0 atom stereocenters. The van der Waals surface area contributed by atoms with Gasteiger partial charge in [-0.1, -0.05) is 11.6 Å². The summed E-state index contributed by atoms with van der Waals surface area (Å²) in [7, 11) is 0. The molecule has 0 bridgehead atoms. The number of nitrogens with zero attached hydrogens (tertiary/aromatic N) is 3. The highest BCUT2D eigenvalue weighted by molar-refractivity contribution is 6.32. The number of nitrogens with two attached hydrogens (primary N) is 2. The molecule has 0 saturated carbocycles. The van der Waals surface area contributed by atoms with Crippen LogP contribution in [-0.2, 0) is 0 Å². The van der Waals surface area contributed by atoms with Gasteiger partial charge in [-0.2, -0.15) is 10.4 Å². The van der Waals surface area contributed by atoms with Gasteiger partial charge in [0.1, 0.15) is 5.75 Å². The third-order valence-electron chi connectivity index (χ3n) is 2.28. The predicted octanol–water partition coefficient (Wildman–Crippen LogP) is 2.02. The Bertz CT molecular complexity index is 532. The maximum absolute atomic E-state index is 8.41. The fraction of sp³-hybridized carbons (Fsp3) is 0.308. The van der Waals surface area contributed by atoms with Crippen molar-refractivity contribution in [2.45, 2.75) is 19.3 Å². The van der Waals surface area contributed by atoms with Crippen LogP contribution >= 0.6 is 11.6 Å². The molecular weight excluding hydrogens is 278 g/mol. The average molecular weight is 294 g/mol. The summed E-state index contributed by atoms with van der Waals surface area (Å²) in [5.41, 5.74) is 11.1. The Labute approximate surface area is 122 Å². The van der Waals surface area contributed by atoms with E-state index >= 15 is 0 Å². The van der Waals surface area contributed by atoms with E-state index in [-0.39, 0.29) is 5.96 Å². The molecule has 0 saturated heterocycles. The molecule has 0 aliphatic carbocycles. The van der Waals surface area contributed by atoms with E-state index in [0.29, 0.717) is 23.8 Å². The maximum atomic E-state index is 8.41. The first-order valence-electron chi connectivity index (χ1n) is 6.04. The van der Waals surface area contributed by atoms with Gasteiger partial charge in [0.15, 0.2) is 0 Å². The molecule has 0 aliphatic heterocycles. The number of nitriles is 1. The molecule has 20 heavy (non-hydrogen) atoms. The highest BCUT2D eigenvalue weighted by Crippen LogP contribution is 2.25. The second-order valence-electron chi connectivity index (χ2n) is 3.92. The fourth-order valence-electron chi connectivity index (χ4n) is 1.36. The van der Waals surface area contributed by atoms with Crippen molar-refractivity contribution in [3.05, 3.63) is 28.8 Å². The lowest BCUT2D eigenvalue weighted by Crippen LogP contribution is -2.21. The van der Waals surface area contributed by atoms with E-state index in [0.717, 1.165) is 18.4 Å². The number of unbranched alkanes of at least 4 members (excludes halogenated alkanes) is 2. The molecule has 0 aromatic heterocycles. The zero-order valence-electron chi connectivity index (χ0n) is 10.9. The largest absolute Gasteiger partial charge is 0.492 e. The number of guanidine groups is 1. The standard InChI is InChI=1S/C13H16ClN5O/c14-11-8-10(9-18-19-13(16)17)4-5-12(11)20-7-3-1-2-6-15/h4-5,8-9H,1-3,7H2,(H4,16,17,19)/b18-9+. The number of ether oxygens (including phenoxy) is 1. The Morgan fingerprint density at radius 2 is 2.20 bits per heavy atom. The van der Waals surface area contributed by atoms with E-state index in [1.165, 1.54) is 6.21 Å². The first-order chi connectivity index (χ1) is 9.63. The van der Waals surface area contributed by atoms with Crippen LogP contribution in [0.15, 0.2) is 28.4 Å². The summed E-state index contributed by atoms with van der Waals surface area (Å²) in [6.07, 6.45) is 3.66. The average Bonchev–Trinajstić information content (AvgIpc) is 2.40.